The van der Waals surface area contributed by atoms with Gasteiger partial charge in [0.25, 0.3) is 0 Å². The molecule has 0 unspecified atom stereocenters. The summed E-state index contributed by atoms with van der Waals surface area (Å²) >= 11 is 0. The number of hydrogen-bond acceptors (Lipinski definition) is 7. The highest BCUT2D eigenvalue weighted by atomic mass is 16.6. The van der Waals surface area contributed by atoms with Gasteiger partial charge in [0.05, 0.1) is 52.7 Å². The molecule has 152 valence electrons. The van der Waals surface area contributed by atoms with E-state index in [1.807, 2.05) is 0 Å². The van der Waals surface area contributed by atoms with Crippen LogP contribution in [0.1, 0.15) is 19.3 Å². The first-order valence-corrected chi connectivity index (χ1v) is 9.18. The normalized spacial score (nSPS) is 10.7. The molecule has 0 bridgehead atoms. The van der Waals surface area contributed by atoms with Crippen LogP contribution in [0.4, 0.5) is 0 Å². The van der Waals surface area contributed by atoms with Crippen LogP contribution in [-0.2, 0) is 23.7 Å². The molecule has 26 heavy (non-hydrogen) atoms. The maximum Gasteiger partial charge on any atom is 0.224 e. The summed E-state index contributed by atoms with van der Waals surface area (Å²) in [7, 11) is 0. The summed E-state index contributed by atoms with van der Waals surface area (Å²) < 4.78 is 21.2. The van der Waals surface area contributed by atoms with Crippen molar-refractivity contribution in [2.75, 3.05) is 79.0 Å². The first-order chi connectivity index (χ1) is 12.8. The quantitative estimate of drug-likeness (QED) is 0.234. The van der Waals surface area contributed by atoms with E-state index in [-0.39, 0.29) is 5.91 Å². The average molecular weight is 373 g/mol. The van der Waals surface area contributed by atoms with Gasteiger partial charge in [-0.1, -0.05) is 5.92 Å². The van der Waals surface area contributed by atoms with Crippen LogP contribution in [0.2, 0.25) is 0 Å². The van der Waals surface area contributed by atoms with Crippen molar-refractivity contribution < 1.29 is 23.7 Å². The van der Waals surface area contributed by atoms with E-state index in [4.69, 9.17) is 36.8 Å². The molecular weight excluding hydrogens is 338 g/mol. The molecule has 0 rings (SSSR count). The van der Waals surface area contributed by atoms with Crippen LogP contribution < -0.4 is 11.5 Å². The molecule has 0 aromatic heterocycles. The molecule has 0 heterocycles. The average Bonchev–Trinajstić information content (AvgIpc) is 2.64. The lowest BCUT2D eigenvalue weighted by Crippen LogP contribution is -2.36. The molecule has 1 amide bonds. The zero-order valence-electron chi connectivity index (χ0n) is 15.8. The minimum absolute atomic E-state index is 0.0637. The molecule has 0 fully saturated rings. The molecule has 0 aliphatic rings. The molecule has 4 N–H and O–H groups in total. The maximum absolute atomic E-state index is 12.1. The third-order valence-corrected chi connectivity index (χ3v) is 3.40. The minimum Gasteiger partial charge on any atom is -0.379 e. The first kappa shape index (κ1) is 24.8. The summed E-state index contributed by atoms with van der Waals surface area (Å²) in [6.45, 7) is 5.92. The Hall–Kier alpha value is -1.21. The van der Waals surface area contributed by atoms with Crippen LogP contribution in [0.5, 0.6) is 0 Å². The molecule has 0 atom stereocenters. The topological polar surface area (TPSA) is 109 Å². The summed E-state index contributed by atoms with van der Waals surface area (Å²) in [4.78, 5) is 13.9. The monoisotopic (exact) mass is 373 g/mol. The van der Waals surface area contributed by atoms with Gasteiger partial charge in [0.1, 0.15) is 6.61 Å². The molecule has 0 radical (unpaired) electrons. The summed E-state index contributed by atoms with van der Waals surface area (Å²) in [6, 6.07) is 0. The minimum atomic E-state index is 0.0637. The lowest BCUT2D eigenvalue weighted by Gasteiger charge is -2.22. The van der Waals surface area contributed by atoms with Gasteiger partial charge in [-0.25, -0.2) is 0 Å². The van der Waals surface area contributed by atoms with E-state index in [0.29, 0.717) is 85.5 Å². The van der Waals surface area contributed by atoms with Crippen LogP contribution >= 0.6 is 0 Å². The fourth-order valence-corrected chi connectivity index (χ4v) is 2.07. The molecule has 0 aromatic rings. The highest BCUT2D eigenvalue weighted by Gasteiger charge is 2.11. The molecule has 8 nitrogen and oxygen atoms in total. The smallest absolute Gasteiger partial charge is 0.224 e. The zero-order valence-corrected chi connectivity index (χ0v) is 15.8. The Labute approximate surface area is 157 Å². The van der Waals surface area contributed by atoms with Crippen LogP contribution in [0, 0.1) is 12.3 Å². The van der Waals surface area contributed by atoms with Gasteiger partial charge in [-0.3, -0.25) is 4.79 Å². The van der Waals surface area contributed by atoms with E-state index in [1.54, 1.807) is 4.90 Å². The van der Waals surface area contributed by atoms with E-state index in [2.05, 4.69) is 5.92 Å². The zero-order chi connectivity index (χ0) is 19.3. The van der Waals surface area contributed by atoms with Crippen LogP contribution in [0.15, 0.2) is 0 Å². The maximum atomic E-state index is 12.1. The highest BCUT2D eigenvalue weighted by Crippen LogP contribution is 1.99. The van der Waals surface area contributed by atoms with Crippen molar-refractivity contribution in [1.29, 1.82) is 0 Å². The largest absolute Gasteiger partial charge is 0.379 e. The van der Waals surface area contributed by atoms with Gasteiger partial charge in [-0.15, -0.1) is 6.42 Å². The van der Waals surface area contributed by atoms with Gasteiger partial charge in [-0.2, -0.15) is 0 Å². The molecular formula is C18H35N3O5. The van der Waals surface area contributed by atoms with Crippen molar-refractivity contribution in [2.24, 2.45) is 11.5 Å². The van der Waals surface area contributed by atoms with Crippen molar-refractivity contribution in [3.8, 4) is 12.3 Å². The predicted octanol–water partition coefficient (Wildman–Crippen LogP) is -0.398. The molecule has 0 saturated heterocycles. The number of rotatable bonds is 19. The number of terminal acetylenes is 1. The number of ether oxygens (including phenoxy) is 4. The number of nitrogens with zero attached hydrogens (tertiary/aromatic N) is 1. The summed E-state index contributed by atoms with van der Waals surface area (Å²) in [5, 5.41) is 0. The number of unbranched alkanes of at least 4 members (excludes halogenated alkanes) is 1. The third kappa shape index (κ3) is 16.3. The van der Waals surface area contributed by atoms with Crippen LogP contribution in [0.25, 0.3) is 0 Å². The van der Waals surface area contributed by atoms with Crippen LogP contribution in [0.3, 0.4) is 0 Å². The molecule has 0 aliphatic heterocycles. The Bertz CT molecular complexity index is 363. The van der Waals surface area contributed by atoms with Gasteiger partial charge >= 0.3 is 0 Å². The Kier molecular flexibility index (Phi) is 19.2. The molecule has 0 aliphatic carbocycles. The predicted molar refractivity (Wildman–Crippen MR) is 101 cm³/mol. The van der Waals surface area contributed by atoms with Crippen molar-refractivity contribution in [1.82, 2.24) is 4.90 Å². The molecule has 0 spiro atoms. The van der Waals surface area contributed by atoms with E-state index in [0.717, 1.165) is 12.8 Å². The fraction of sp³-hybridized carbons (Fsp3) is 0.833. The molecule has 8 heteroatoms. The summed E-state index contributed by atoms with van der Waals surface area (Å²) in [5.41, 5.74) is 11.0. The number of hydrogen-bond donors (Lipinski definition) is 2. The van der Waals surface area contributed by atoms with E-state index in [9.17, 15) is 4.79 Å². The second-order valence-corrected chi connectivity index (χ2v) is 5.51. The number of amides is 1. The van der Waals surface area contributed by atoms with Crippen molar-refractivity contribution in [3.63, 3.8) is 0 Å². The van der Waals surface area contributed by atoms with Gasteiger partial charge in [0.2, 0.25) is 5.91 Å². The van der Waals surface area contributed by atoms with Gasteiger partial charge in [0, 0.05) is 19.6 Å². The SMILES string of the molecule is C#CCOCCOCCOCCOCCC(=O)N(CCN)CCCCN. The molecule has 0 aromatic carbocycles. The van der Waals surface area contributed by atoms with E-state index < -0.39 is 0 Å². The van der Waals surface area contributed by atoms with Crippen LogP contribution in [-0.4, -0.2) is 89.8 Å². The van der Waals surface area contributed by atoms with E-state index >= 15 is 0 Å². The number of carbonyl (C=O) groups is 1. The van der Waals surface area contributed by atoms with Crippen molar-refractivity contribution in [2.45, 2.75) is 19.3 Å². The number of carbonyl (C=O) groups excluding carboxylic acids is 1. The lowest BCUT2D eigenvalue weighted by atomic mass is 10.2. The summed E-state index contributed by atoms with van der Waals surface area (Å²) in [5.74, 6) is 2.45. The van der Waals surface area contributed by atoms with Crippen molar-refractivity contribution >= 4 is 5.91 Å². The van der Waals surface area contributed by atoms with Gasteiger partial charge in [0.15, 0.2) is 0 Å². The Balaban J connectivity index is 3.46. The lowest BCUT2D eigenvalue weighted by molar-refractivity contribution is -0.132. The van der Waals surface area contributed by atoms with Crippen molar-refractivity contribution in [3.05, 3.63) is 0 Å². The van der Waals surface area contributed by atoms with Gasteiger partial charge in [-0.05, 0) is 19.4 Å². The second-order valence-electron chi connectivity index (χ2n) is 5.51. The number of nitrogens with two attached hydrogens (primary N) is 2. The molecule has 0 saturated carbocycles. The highest BCUT2D eigenvalue weighted by molar-refractivity contribution is 5.76. The Morgan fingerprint density at radius 3 is 1.92 bits per heavy atom. The third-order valence-electron chi connectivity index (χ3n) is 3.40. The second kappa shape index (κ2) is 20.1. The first-order valence-electron chi connectivity index (χ1n) is 9.18. The standard InChI is InChI=1S/C18H35N3O5/c1-2-10-23-12-14-25-16-17-26-15-13-24-11-5-18(22)21(9-7-20)8-4-3-6-19/h1H,3-17,19-20H2. The Morgan fingerprint density at radius 1 is 0.808 bits per heavy atom. The summed E-state index contributed by atoms with van der Waals surface area (Å²) in [6.07, 6.45) is 7.21. The van der Waals surface area contributed by atoms with E-state index in [1.165, 1.54) is 0 Å². The van der Waals surface area contributed by atoms with Gasteiger partial charge < -0.3 is 35.3 Å². The Morgan fingerprint density at radius 2 is 1.38 bits per heavy atom. The fourth-order valence-electron chi connectivity index (χ4n) is 2.07.